The Bertz CT molecular complexity index is 655. The minimum atomic E-state index is 0.261. The van der Waals surface area contributed by atoms with E-state index in [-0.39, 0.29) is 10.8 Å². The third kappa shape index (κ3) is 2.78. The van der Waals surface area contributed by atoms with Crippen molar-refractivity contribution >= 4 is 13.0 Å². The first-order valence-electron chi connectivity index (χ1n) is 12.8. The van der Waals surface area contributed by atoms with Gasteiger partial charge >= 0.3 is 183 Å². The van der Waals surface area contributed by atoms with Crippen LogP contribution in [0.2, 0.25) is 0 Å². The SMILES string of the molecule is [B]=C1C2=C([CH-]C3=C1C(CC)(CC)CC3(CC)CC)C(CC)(CC)CC2(CC)CC. The molecule has 0 N–H and O–H groups in total. The van der Waals surface area contributed by atoms with Gasteiger partial charge in [-0.15, -0.1) is 0 Å². The zero-order chi connectivity index (χ0) is 21.7. The third-order valence-corrected chi connectivity index (χ3v) is 10.3. The zero-order valence-corrected chi connectivity index (χ0v) is 20.7. The molecule has 29 heavy (non-hydrogen) atoms. The molecule has 0 spiro atoms. The van der Waals surface area contributed by atoms with E-state index >= 15 is 0 Å². The summed E-state index contributed by atoms with van der Waals surface area (Å²) in [6.45, 7) is 19.2. The molecular weight excluding hydrogens is 347 g/mol. The summed E-state index contributed by atoms with van der Waals surface area (Å²) < 4.78 is 0. The van der Waals surface area contributed by atoms with E-state index < -0.39 is 0 Å². The molecule has 0 nitrogen and oxygen atoms in total. The van der Waals surface area contributed by atoms with Crippen LogP contribution in [0.15, 0.2) is 22.3 Å². The van der Waals surface area contributed by atoms with Crippen molar-refractivity contribution in [3.05, 3.63) is 28.7 Å². The van der Waals surface area contributed by atoms with Crippen LogP contribution in [-0.4, -0.2) is 13.0 Å². The molecule has 0 bridgehead atoms. The molecule has 0 fully saturated rings. The van der Waals surface area contributed by atoms with Gasteiger partial charge in [-0.1, -0.05) is 0 Å². The molecule has 0 aromatic carbocycles. The topological polar surface area (TPSA) is 0 Å². The molecular formula is C28H45B-. The normalized spacial score (nSPS) is 25.8. The standard InChI is InChI=1S/C28H45B/c1-9-25(10-2)18-27(13-5,14-6)22-20(25)17-21-23(24(22)29)28(15-7,16-8)19-26(21,11-3)12-4/h17H,9-16,18-19H2,1-8H3/q-1. The van der Waals surface area contributed by atoms with Gasteiger partial charge in [0.05, 0.1) is 0 Å². The number of allylic oxidation sites excluding steroid dienone is 4. The van der Waals surface area contributed by atoms with Crippen LogP contribution in [0, 0.1) is 28.1 Å². The molecule has 0 aromatic rings. The van der Waals surface area contributed by atoms with E-state index in [1.165, 1.54) is 69.7 Å². The molecule has 0 unspecified atom stereocenters. The zero-order valence-electron chi connectivity index (χ0n) is 20.7. The van der Waals surface area contributed by atoms with Crippen molar-refractivity contribution in [3.63, 3.8) is 0 Å². The molecule has 0 heterocycles. The molecule has 0 atom stereocenters. The van der Waals surface area contributed by atoms with Gasteiger partial charge in [0.2, 0.25) is 0 Å². The quantitative estimate of drug-likeness (QED) is 0.289. The fourth-order valence-electron chi connectivity index (χ4n) is 7.81. The first kappa shape index (κ1) is 23.0. The van der Waals surface area contributed by atoms with E-state index in [1.807, 2.05) is 0 Å². The van der Waals surface area contributed by atoms with Crippen LogP contribution >= 0.6 is 0 Å². The second kappa shape index (κ2) is 7.76. The Morgan fingerprint density at radius 2 is 0.828 bits per heavy atom. The van der Waals surface area contributed by atoms with Crippen LogP contribution in [0.3, 0.4) is 0 Å². The van der Waals surface area contributed by atoms with Crippen LogP contribution < -0.4 is 0 Å². The van der Waals surface area contributed by atoms with E-state index in [0.29, 0.717) is 10.8 Å². The molecule has 0 aliphatic heterocycles. The Morgan fingerprint density at radius 1 is 0.552 bits per heavy atom. The summed E-state index contributed by atoms with van der Waals surface area (Å²) in [5.41, 5.74) is 8.75. The maximum absolute atomic E-state index is 7.30. The van der Waals surface area contributed by atoms with Gasteiger partial charge in [-0.05, 0) is 0 Å². The first-order valence-corrected chi connectivity index (χ1v) is 12.8. The summed E-state index contributed by atoms with van der Waals surface area (Å²) in [6.07, 6.45) is 15.0. The summed E-state index contributed by atoms with van der Waals surface area (Å²) in [7, 11) is 7.30. The molecule has 1 radical (unpaired) electrons. The van der Waals surface area contributed by atoms with Crippen LogP contribution in [0.1, 0.15) is 120 Å². The average Bonchev–Trinajstić information content (AvgIpc) is 3.23. The first-order chi connectivity index (χ1) is 13.8. The molecule has 0 amide bonds. The van der Waals surface area contributed by atoms with Crippen molar-refractivity contribution in [2.75, 3.05) is 0 Å². The average molecular weight is 392 g/mol. The summed E-state index contributed by atoms with van der Waals surface area (Å²) in [5, 5.41) is 0. The van der Waals surface area contributed by atoms with Gasteiger partial charge in [0.15, 0.2) is 0 Å². The van der Waals surface area contributed by atoms with Crippen molar-refractivity contribution in [2.45, 2.75) is 120 Å². The second-order valence-electron chi connectivity index (χ2n) is 10.4. The molecule has 0 saturated heterocycles. The van der Waals surface area contributed by atoms with Crippen LogP contribution in [0.25, 0.3) is 0 Å². The minimum absolute atomic E-state index is 0.261. The molecule has 3 rings (SSSR count). The second-order valence-corrected chi connectivity index (χ2v) is 10.4. The maximum atomic E-state index is 7.30. The van der Waals surface area contributed by atoms with Crippen LogP contribution in [-0.2, 0) is 0 Å². The molecule has 3 aliphatic rings. The number of rotatable bonds is 8. The Morgan fingerprint density at radius 3 is 1.07 bits per heavy atom. The molecule has 0 saturated carbocycles. The summed E-state index contributed by atoms with van der Waals surface area (Å²) in [5.74, 6) is 0. The predicted octanol–water partition coefficient (Wildman–Crippen LogP) is 8.17. The summed E-state index contributed by atoms with van der Waals surface area (Å²) in [4.78, 5) is 0. The molecule has 1 heteroatoms. The monoisotopic (exact) mass is 392 g/mol. The Kier molecular flexibility index (Phi) is 6.14. The van der Waals surface area contributed by atoms with Crippen LogP contribution in [0.4, 0.5) is 0 Å². The van der Waals surface area contributed by atoms with E-state index in [2.05, 4.69) is 61.8 Å². The van der Waals surface area contributed by atoms with E-state index in [9.17, 15) is 0 Å². The van der Waals surface area contributed by atoms with Crippen molar-refractivity contribution in [1.29, 1.82) is 0 Å². The number of hydrogen-bond donors (Lipinski definition) is 0. The van der Waals surface area contributed by atoms with Gasteiger partial charge in [-0.25, -0.2) is 0 Å². The Labute approximate surface area is 183 Å². The summed E-state index contributed by atoms with van der Waals surface area (Å²) in [6, 6.07) is 0. The van der Waals surface area contributed by atoms with E-state index in [1.54, 1.807) is 22.3 Å². The van der Waals surface area contributed by atoms with E-state index in [0.717, 1.165) is 0 Å². The molecule has 0 aromatic heterocycles. The third-order valence-electron chi connectivity index (χ3n) is 10.3. The van der Waals surface area contributed by atoms with Crippen molar-refractivity contribution < 1.29 is 0 Å². The molecule has 161 valence electrons. The van der Waals surface area contributed by atoms with Gasteiger partial charge in [0, 0.05) is 0 Å². The fourth-order valence-corrected chi connectivity index (χ4v) is 7.81. The van der Waals surface area contributed by atoms with Crippen molar-refractivity contribution in [1.82, 2.24) is 0 Å². The van der Waals surface area contributed by atoms with Gasteiger partial charge in [-0.3, -0.25) is 0 Å². The van der Waals surface area contributed by atoms with Gasteiger partial charge in [0.1, 0.15) is 0 Å². The van der Waals surface area contributed by atoms with Crippen molar-refractivity contribution in [3.8, 4) is 0 Å². The van der Waals surface area contributed by atoms with Crippen molar-refractivity contribution in [2.24, 2.45) is 21.7 Å². The van der Waals surface area contributed by atoms with E-state index in [4.69, 9.17) is 7.49 Å². The van der Waals surface area contributed by atoms with Gasteiger partial charge in [0.25, 0.3) is 0 Å². The van der Waals surface area contributed by atoms with Gasteiger partial charge in [-0.2, -0.15) is 0 Å². The number of hydrogen-bond acceptors (Lipinski definition) is 0. The van der Waals surface area contributed by atoms with Crippen LogP contribution in [0.5, 0.6) is 0 Å². The van der Waals surface area contributed by atoms with Gasteiger partial charge < -0.3 is 0 Å². The fraction of sp³-hybridized carbons (Fsp3) is 0.786. The summed E-state index contributed by atoms with van der Waals surface area (Å²) >= 11 is 0. The Balaban J connectivity index is 2.29. The Hall–Kier alpha value is -0.715. The molecule has 3 aliphatic carbocycles. The predicted molar refractivity (Wildman–Crippen MR) is 130 cm³/mol.